The molecule has 0 aliphatic carbocycles. The van der Waals surface area contributed by atoms with Gasteiger partial charge in [0.1, 0.15) is 25.0 Å². The van der Waals surface area contributed by atoms with Crippen LogP contribution in [-0.2, 0) is 19.6 Å². The number of Topliss-reactive ketones (excluding diaryl/α,β-unsaturated/α-hetero) is 1. The van der Waals surface area contributed by atoms with Gasteiger partial charge in [0.05, 0.1) is 12.0 Å². The van der Waals surface area contributed by atoms with Crippen LogP contribution < -0.4 is 18.9 Å². The number of ether oxygens (including phenoxy) is 4. The monoisotopic (exact) mass is 556 g/mol. The van der Waals surface area contributed by atoms with E-state index in [-0.39, 0.29) is 4.90 Å². The molecule has 3 aromatic rings. The van der Waals surface area contributed by atoms with Gasteiger partial charge in [-0.3, -0.25) is 9.59 Å². The first-order valence-corrected chi connectivity index (χ1v) is 14.0. The first-order chi connectivity index (χ1) is 18.5. The number of carbonyl (C=O) groups excluding carboxylic acids is 2. The highest BCUT2D eigenvalue weighted by Crippen LogP contribution is 2.32. The van der Waals surface area contributed by atoms with E-state index < -0.39 is 40.3 Å². The maximum Gasteiger partial charge on any atom is 0.324 e. The fourth-order valence-electron chi connectivity index (χ4n) is 4.36. The molecule has 2 heterocycles. The number of esters is 1. The molecule has 1 aromatic heterocycles. The molecule has 39 heavy (non-hydrogen) atoms. The Kier molecular flexibility index (Phi) is 8.31. The van der Waals surface area contributed by atoms with Gasteiger partial charge in [-0.05, 0) is 62.2 Å². The lowest BCUT2D eigenvalue weighted by atomic mass is 10.1. The molecule has 1 N–H and O–H groups in total. The number of hydrogen-bond donors (Lipinski definition) is 1. The molecule has 2 aromatic carbocycles. The second kappa shape index (κ2) is 11.5. The van der Waals surface area contributed by atoms with Crippen LogP contribution in [0.25, 0.3) is 5.69 Å². The summed E-state index contributed by atoms with van der Waals surface area (Å²) >= 11 is 0. The minimum Gasteiger partial charge on any atom is -0.497 e. The minimum atomic E-state index is -4.10. The van der Waals surface area contributed by atoms with Crippen molar-refractivity contribution in [2.75, 3.05) is 26.9 Å². The summed E-state index contributed by atoms with van der Waals surface area (Å²) in [5.74, 6) is -0.208. The molecule has 1 unspecified atom stereocenters. The van der Waals surface area contributed by atoms with Crippen LogP contribution >= 0.6 is 0 Å². The fraction of sp³-hybridized carbons (Fsp3) is 0.357. The Morgan fingerprint density at radius 3 is 2.31 bits per heavy atom. The summed E-state index contributed by atoms with van der Waals surface area (Å²) < 4.78 is 51.9. The van der Waals surface area contributed by atoms with Crippen molar-refractivity contribution in [3.63, 3.8) is 0 Å². The summed E-state index contributed by atoms with van der Waals surface area (Å²) in [6.07, 6.45) is 0. The molecule has 1 aliphatic heterocycles. The molecule has 0 saturated heterocycles. The summed E-state index contributed by atoms with van der Waals surface area (Å²) in [5.41, 5.74) is 2.79. The lowest BCUT2D eigenvalue weighted by molar-refractivity contribution is -0.145. The van der Waals surface area contributed by atoms with E-state index in [1.165, 1.54) is 18.2 Å². The van der Waals surface area contributed by atoms with E-state index >= 15 is 0 Å². The largest absolute Gasteiger partial charge is 0.497 e. The highest BCUT2D eigenvalue weighted by molar-refractivity contribution is 7.89. The summed E-state index contributed by atoms with van der Waals surface area (Å²) in [7, 11) is -2.51. The third-order valence-corrected chi connectivity index (χ3v) is 7.87. The molecular formula is C28H32N2O8S. The molecule has 0 saturated carbocycles. The number of sulfonamides is 1. The van der Waals surface area contributed by atoms with Gasteiger partial charge in [-0.25, -0.2) is 8.42 Å². The molecule has 10 nitrogen and oxygen atoms in total. The maximum atomic E-state index is 13.1. The molecule has 0 bridgehead atoms. The molecule has 0 fully saturated rings. The molecule has 1 atom stereocenters. The lowest BCUT2D eigenvalue weighted by Crippen LogP contribution is -2.45. The average Bonchev–Trinajstić information content (AvgIpc) is 3.23. The number of benzene rings is 2. The van der Waals surface area contributed by atoms with Gasteiger partial charge in [-0.2, -0.15) is 4.72 Å². The van der Waals surface area contributed by atoms with Crippen molar-refractivity contribution in [1.82, 2.24) is 9.29 Å². The molecule has 1 aliphatic rings. The molecule has 208 valence electrons. The van der Waals surface area contributed by atoms with Gasteiger partial charge < -0.3 is 23.5 Å². The van der Waals surface area contributed by atoms with Crippen LogP contribution in [0, 0.1) is 19.8 Å². The molecule has 4 rings (SSSR count). The Morgan fingerprint density at radius 1 is 1.00 bits per heavy atom. The van der Waals surface area contributed by atoms with Crippen LogP contribution in [0.3, 0.4) is 0 Å². The van der Waals surface area contributed by atoms with Crippen molar-refractivity contribution in [3.05, 3.63) is 65.5 Å². The maximum absolute atomic E-state index is 13.1. The Balaban J connectivity index is 1.45. The number of aromatic nitrogens is 1. The van der Waals surface area contributed by atoms with Crippen LogP contribution in [0.4, 0.5) is 0 Å². The average molecular weight is 557 g/mol. The SMILES string of the molecule is COc1ccc(-n2c(C)cc(C(=O)COC(=O)C(NS(=O)(=O)c3ccc4c(c3)OCCO4)C(C)C)c2C)cc1. The van der Waals surface area contributed by atoms with Crippen LogP contribution in [0.15, 0.2) is 53.4 Å². The van der Waals surface area contributed by atoms with Gasteiger partial charge in [-0.1, -0.05) is 13.8 Å². The van der Waals surface area contributed by atoms with Crippen LogP contribution in [-0.4, -0.2) is 57.7 Å². The van der Waals surface area contributed by atoms with E-state index in [1.807, 2.05) is 42.7 Å². The molecular weight excluding hydrogens is 524 g/mol. The van der Waals surface area contributed by atoms with Gasteiger partial charge in [0, 0.05) is 28.7 Å². The normalized spacial score (nSPS) is 13.7. The summed E-state index contributed by atoms with van der Waals surface area (Å²) in [4.78, 5) is 25.9. The second-order valence-corrected chi connectivity index (χ2v) is 11.2. The van der Waals surface area contributed by atoms with Crippen molar-refractivity contribution in [2.24, 2.45) is 5.92 Å². The highest BCUT2D eigenvalue weighted by Gasteiger charge is 2.31. The van der Waals surface area contributed by atoms with Crippen LogP contribution in [0.2, 0.25) is 0 Å². The predicted molar refractivity (Wildman–Crippen MR) is 143 cm³/mol. The molecule has 0 amide bonds. The number of hydrogen-bond acceptors (Lipinski definition) is 8. The molecule has 11 heteroatoms. The summed E-state index contributed by atoms with van der Waals surface area (Å²) in [6, 6.07) is 12.2. The van der Waals surface area contributed by atoms with E-state index in [0.717, 1.165) is 11.4 Å². The quantitative estimate of drug-likeness (QED) is 0.297. The zero-order valence-electron chi connectivity index (χ0n) is 22.5. The predicted octanol–water partition coefficient (Wildman–Crippen LogP) is 3.60. The van der Waals surface area contributed by atoms with Gasteiger partial charge in [0.2, 0.25) is 15.8 Å². The Bertz CT molecular complexity index is 1480. The van der Waals surface area contributed by atoms with Crippen molar-refractivity contribution in [2.45, 2.75) is 38.6 Å². The van der Waals surface area contributed by atoms with Crippen molar-refractivity contribution < 1.29 is 37.0 Å². The van der Waals surface area contributed by atoms with Crippen molar-refractivity contribution in [1.29, 1.82) is 0 Å². The van der Waals surface area contributed by atoms with Gasteiger partial charge >= 0.3 is 5.97 Å². The number of nitrogens with one attached hydrogen (secondary N) is 1. The van der Waals surface area contributed by atoms with Crippen molar-refractivity contribution >= 4 is 21.8 Å². The smallest absolute Gasteiger partial charge is 0.324 e. The number of carbonyl (C=O) groups is 2. The minimum absolute atomic E-state index is 0.0766. The lowest BCUT2D eigenvalue weighted by Gasteiger charge is -2.22. The van der Waals surface area contributed by atoms with E-state index in [9.17, 15) is 18.0 Å². The first kappa shape index (κ1) is 28.2. The van der Waals surface area contributed by atoms with Gasteiger partial charge in [0.25, 0.3) is 0 Å². The van der Waals surface area contributed by atoms with E-state index in [4.69, 9.17) is 18.9 Å². The van der Waals surface area contributed by atoms with Gasteiger partial charge in [0.15, 0.2) is 18.1 Å². The standard InChI is InChI=1S/C28H32N2O8S/c1-17(2)27(29-39(33,34)22-10-11-25-26(15-22)37-13-12-36-25)28(32)38-16-24(31)23-14-18(3)30(19(23)4)20-6-8-21(35-5)9-7-20/h6-11,14-15,17,27,29H,12-13,16H2,1-5H3. The summed E-state index contributed by atoms with van der Waals surface area (Å²) in [6.45, 7) is 7.21. The number of fused-ring (bicyclic) bond motifs is 1. The molecule has 0 radical (unpaired) electrons. The third-order valence-electron chi connectivity index (χ3n) is 6.43. The Morgan fingerprint density at radius 2 is 1.67 bits per heavy atom. The van der Waals surface area contributed by atoms with Gasteiger partial charge in [-0.15, -0.1) is 0 Å². The number of aryl methyl sites for hydroxylation is 1. The second-order valence-electron chi connectivity index (χ2n) is 9.50. The molecule has 0 spiro atoms. The number of nitrogens with zero attached hydrogens (tertiary/aromatic N) is 1. The van der Waals surface area contributed by atoms with Crippen LogP contribution in [0.1, 0.15) is 35.6 Å². The number of rotatable bonds is 10. The van der Waals surface area contributed by atoms with E-state index in [2.05, 4.69) is 4.72 Å². The van der Waals surface area contributed by atoms with Crippen LogP contribution in [0.5, 0.6) is 17.2 Å². The fourth-order valence-corrected chi connectivity index (χ4v) is 5.71. The Labute approximate surface area is 227 Å². The topological polar surface area (TPSA) is 122 Å². The summed E-state index contributed by atoms with van der Waals surface area (Å²) in [5, 5.41) is 0. The zero-order chi connectivity index (χ0) is 28.3. The first-order valence-electron chi connectivity index (χ1n) is 12.5. The number of methoxy groups -OCH3 is 1. The van der Waals surface area contributed by atoms with E-state index in [0.29, 0.717) is 41.7 Å². The highest BCUT2D eigenvalue weighted by atomic mass is 32.2. The van der Waals surface area contributed by atoms with Crippen molar-refractivity contribution in [3.8, 4) is 22.9 Å². The van der Waals surface area contributed by atoms with E-state index in [1.54, 1.807) is 27.0 Å². The zero-order valence-corrected chi connectivity index (χ0v) is 23.3. The number of ketones is 1. The third kappa shape index (κ3) is 6.10. The Hall–Kier alpha value is -3.83.